The van der Waals surface area contributed by atoms with Gasteiger partial charge >= 0.3 is 5.97 Å². The maximum Gasteiger partial charge on any atom is 0.338 e. The standard InChI is InChI=1S/C19H19NO3/c1-13(18(21)20-17-8-3-2-4-9-17)23-19(22)16-11-10-14-6-5-7-15(14)12-16/h2-4,8-13H,5-7H2,1H3,(H,20,21)/t13-/m0/s1. The highest BCUT2D eigenvalue weighted by Crippen LogP contribution is 2.23. The maximum absolute atomic E-state index is 12.2. The molecule has 0 saturated heterocycles. The third-order valence-electron chi connectivity index (χ3n) is 4.03. The van der Waals surface area contributed by atoms with Crippen LogP contribution in [0.1, 0.15) is 34.8 Å². The first-order valence-corrected chi connectivity index (χ1v) is 7.82. The van der Waals surface area contributed by atoms with Crippen molar-refractivity contribution in [2.24, 2.45) is 0 Å². The van der Waals surface area contributed by atoms with Crippen LogP contribution in [0.4, 0.5) is 5.69 Å². The average Bonchev–Trinajstić information content (AvgIpc) is 3.03. The molecular weight excluding hydrogens is 290 g/mol. The summed E-state index contributed by atoms with van der Waals surface area (Å²) in [5.74, 6) is -0.805. The lowest BCUT2D eigenvalue weighted by Gasteiger charge is -2.14. The van der Waals surface area contributed by atoms with E-state index in [0.717, 1.165) is 19.3 Å². The predicted octanol–water partition coefficient (Wildman–Crippen LogP) is 3.36. The second kappa shape index (κ2) is 6.65. The number of ether oxygens (including phenoxy) is 1. The van der Waals surface area contributed by atoms with Gasteiger partial charge in [0, 0.05) is 5.69 Å². The molecule has 0 heterocycles. The summed E-state index contributed by atoms with van der Waals surface area (Å²) < 4.78 is 5.28. The molecule has 2 aromatic carbocycles. The fraction of sp³-hybridized carbons (Fsp3) is 0.263. The molecule has 0 unspecified atom stereocenters. The first-order chi connectivity index (χ1) is 11.1. The number of hydrogen-bond acceptors (Lipinski definition) is 3. The van der Waals surface area contributed by atoms with Crippen molar-refractivity contribution in [2.75, 3.05) is 5.32 Å². The number of para-hydroxylation sites is 1. The summed E-state index contributed by atoms with van der Waals surface area (Å²) in [6.07, 6.45) is 2.35. The normalized spacial score (nSPS) is 14.0. The molecule has 1 aliphatic carbocycles. The molecule has 3 rings (SSSR count). The molecule has 1 amide bonds. The summed E-state index contributed by atoms with van der Waals surface area (Å²) in [5, 5.41) is 2.72. The molecule has 0 spiro atoms. The molecule has 1 aliphatic rings. The Bertz CT molecular complexity index is 725. The fourth-order valence-corrected chi connectivity index (χ4v) is 2.75. The van der Waals surface area contributed by atoms with Gasteiger partial charge in [-0.1, -0.05) is 24.3 Å². The SMILES string of the molecule is C[C@H](OC(=O)c1ccc2c(c1)CCC2)C(=O)Nc1ccccc1. The molecule has 2 aromatic rings. The number of rotatable bonds is 4. The number of anilines is 1. The van der Waals surface area contributed by atoms with Crippen LogP contribution in [0.15, 0.2) is 48.5 Å². The van der Waals surface area contributed by atoms with Gasteiger partial charge in [0.2, 0.25) is 0 Å². The minimum atomic E-state index is -0.851. The Morgan fingerprint density at radius 3 is 2.57 bits per heavy atom. The summed E-state index contributed by atoms with van der Waals surface area (Å²) in [6, 6.07) is 14.7. The van der Waals surface area contributed by atoms with E-state index in [0.29, 0.717) is 11.3 Å². The second-order valence-electron chi connectivity index (χ2n) is 5.74. The Labute approximate surface area is 135 Å². The van der Waals surface area contributed by atoms with Crippen molar-refractivity contribution in [2.45, 2.75) is 32.3 Å². The lowest BCUT2D eigenvalue weighted by Crippen LogP contribution is -2.30. The van der Waals surface area contributed by atoms with Crippen LogP contribution in [0.3, 0.4) is 0 Å². The lowest BCUT2D eigenvalue weighted by molar-refractivity contribution is -0.123. The lowest BCUT2D eigenvalue weighted by atomic mass is 10.1. The zero-order valence-corrected chi connectivity index (χ0v) is 13.0. The zero-order valence-electron chi connectivity index (χ0n) is 13.0. The van der Waals surface area contributed by atoms with E-state index in [-0.39, 0.29) is 5.91 Å². The number of nitrogens with one attached hydrogen (secondary N) is 1. The molecule has 118 valence electrons. The smallest absolute Gasteiger partial charge is 0.338 e. The molecule has 0 radical (unpaired) electrons. The van der Waals surface area contributed by atoms with E-state index in [9.17, 15) is 9.59 Å². The Morgan fingerprint density at radius 1 is 1.04 bits per heavy atom. The highest BCUT2D eigenvalue weighted by molar-refractivity contribution is 5.97. The van der Waals surface area contributed by atoms with Crippen LogP contribution in [0.5, 0.6) is 0 Å². The van der Waals surface area contributed by atoms with Crippen molar-refractivity contribution in [1.29, 1.82) is 0 Å². The topological polar surface area (TPSA) is 55.4 Å². The Morgan fingerprint density at radius 2 is 1.78 bits per heavy atom. The molecule has 23 heavy (non-hydrogen) atoms. The van der Waals surface area contributed by atoms with Gasteiger partial charge in [0.25, 0.3) is 5.91 Å². The van der Waals surface area contributed by atoms with Gasteiger partial charge < -0.3 is 10.1 Å². The molecule has 0 aliphatic heterocycles. The highest BCUT2D eigenvalue weighted by Gasteiger charge is 2.20. The van der Waals surface area contributed by atoms with Crippen LogP contribution in [0.2, 0.25) is 0 Å². The van der Waals surface area contributed by atoms with Gasteiger partial charge in [0.15, 0.2) is 6.10 Å². The van der Waals surface area contributed by atoms with Crippen LogP contribution in [0, 0.1) is 0 Å². The van der Waals surface area contributed by atoms with Crippen LogP contribution >= 0.6 is 0 Å². The number of esters is 1. The van der Waals surface area contributed by atoms with Crippen LogP contribution < -0.4 is 5.32 Å². The van der Waals surface area contributed by atoms with Gasteiger partial charge in [0.1, 0.15) is 0 Å². The Hall–Kier alpha value is -2.62. The van der Waals surface area contributed by atoms with Gasteiger partial charge in [-0.3, -0.25) is 4.79 Å². The number of carbonyl (C=O) groups is 2. The van der Waals surface area contributed by atoms with E-state index in [1.807, 2.05) is 30.3 Å². The summed E-state index contributed by atoms with van der Waals surface area (Å²) in [5.41, 5.74) is 3.69. The maximum atomic E-state index is 12.2. The van der Waals surface area contributed by atoms with Crippen molar-refractivity contribution in [1.82, 2.24) is 0 Å². The van der Waals surface area contributed by atoms with E-state index >= 15 is 0 Å². The predicted molar refractivity (Wildman–Crippen MR) is 88.4 cm³/mol. The van der Waals surface area contributed by atoms with Gasteiger partial charge in [-0.2, -0.15) is 0 Å². The van der Waals surface area contributed by atoms with Gasteiger partial charge in [-0.05, 0) is 61.6 Å². The molecule has 1 N–H and O–H groups in total. The minimum Gasteiger partial charge on any atom is -0.449 e. The van der Waals surface area contributed by atoms with E-state index in [1.54, 1.807) is 25.1 Å². The minimum absolute atomic E-state index is 0.342. The second-order valence-corrected chi connectivity index (χ2v) is 5.74. The number of amides is 1. The molecule has 4 heteroatoms. The van der Waals surface area contributed by atoms with E-state index in [1.165, 1.54) is 11.1 Å². The molecule has 1 atom stereocenters. The van der Waals surface area contributed by atoms with Gasteiger partial charge in [-0.25, -0.2) is 4.79 Å². The largest absolute Gasteiger partial charge is 0.449 e. The number of carbonyl (C=O) groups excluding carboxylic acids is 2. The van der Waals surface area contributed by atoms with E-state index in [4.69, 9.17) is 4.74 Å². The number of benzene rings is 2. The molecule has 0 bridgehead atoms. The van der Waals surface area contributed by atoms with Crippen LogP contribution in [-0.4, -0.2) is 18.0 Å². The Kier molecular flexibility index (Phi) is 4.42. The molecule has 0 fully saturated rings. The molecular formula is C19H19NO3. The summed E-state index contributed by atoms with van der Waals surface area (Å²) in [7, 11) is 0. The average molecular weight is 309 g/mol. The summed E-state index contributed by atoms with van der Waals surface area (Å²) in [4.78, 5) is 24.3. The summed E-state index contributed by atoms with van der Waals surface area (Å²) >= 11 is 0. The van der Waals surface area contributed by atoms with E-state index < -0.39 is 12.1 Å². The van der Waals surface area contributed by atoms with E-state index in [2.05, 4.69) is 5.32 Å². The van der Waals surface area contributed by atoms with Crippen molar-refractivity contribution < 1.29 is 14.3 Å². The van der Waals surface area contributed by atoms with Gasteiger partial charge in [-0.15, -0.1) is 0 Å². The number of aryl methyl sites for hydroxylation is 2. The first kappa shape index (κ1) is 15.3. The van der Waals surface area contributed by atoms with Crippen molar-refractivity contribution >= 4 is 17.6 Å². The molecule has 0 saturated carbocycles. The number of fused-ring (bicyclic) bond motifs is 1. The van der Waals surface area contributed by atoms with Crippen molar-refractivity contribution in [3.63, 3.8) is 0 Å². The Balaban J connectivity index is 1.62. The van der Waals surface area contributed by atoms with Gasteiger partial charge in [0.05, 0.1) is 5.56 Å². The highest BCUT2D eigenvalue weighted by atomic mass is 16.5. The quantitative estimate of drug-likeness (QED) is 0.881. The summed E-state index contributed by atoms with van der Waals surface area (Å²) in [6.45, 7) is 1.57. The monoisotopic (exact) mass is 309 g/mol. The third-order valence-corrected chi connectivity index (χ3v) is 4.03. The third kappa shape index (κ3) is 3.59. The van der Waals surface area contributed by atoms with Crippen molar-refractivity contribution in [3.8, 4) is 0 Å². The molecule has 0 aromatic heterocycles. The molecule has 4 nitrogen and oxygen atoms in total. The van der Waals surface area contributed by atoms with Crippen LogP contribution in [-0.2, 0) is 22.4 Å². The van der Waals surface area contributed by atoms with Crippen LogP contribution in [0.25, 0.3) is 0 Å². The fourth-order valence-electron chi connectivity index (χ4n) is 2.75. The first-order valence-electron chi connectivity index (χ1n) is 7.82. The number of hydrogen-bond donors (Lipinski definition) is 1. The zero-order chi connectivity index (χ0) is 16.2. The van der Waals surface area contributed by atoms with Crippen molar-refractivity contribution in [3.05, 3.63) is 65.2 Å².